The quantitative estimate of drug-likeness (QED) is 0.640. The molecule has 0 radical (unpaired) electrons. The van der Waals surface area contributed by atoms with Gasteiger partial charge in [0.2, 0.25) is 18.0 Å². The van der Waals surface area contributed by atoms with E-state index in [9.17, 15) is 14.4 Å². The molecular weight excluding hydrogens is 308 g/mol. The van der Waals surface area contributed by atoms with Crippen LogP contribution in [0.2, 0.25) is 0 Å². The van der Waals surface area contributed by atoms with Crippen molar-refractivity contribution in [2.45, 2.75) is 51.3 Å². The van der Waals surface area contributed by atoms with Gasteiger partial charge in [-0.05, 0) is 18.9 Å². The molecule has 128 valence electrons. The molecule has 2 aliphatic rings. The monoisotopic (exact) mass is 330 g/mol. The van der Waals surface area contributed by atoms with E-state index < -0.39 is 18.2 Å². The predicted molar refractivity (Wildman–Crippen MR) is 87.0 cm³/mol. The van der Waals surface area contributed by atoms with E-state index in [0.29, 0.717) is 30.5 Å². The number of cyclic esters (lactones) is 1. The van der Waals surface area contributed by atoms with Crippen molar-refractivity contribution >= 4 is 17.8 Å². The smallest absolute Gasteiger partial charge is 0.340 e. The number of unbranched alkanes of at least 4 members (excludes halogenated alkanes) is 2. The van der Waals surface area contributed by atoms with Crippen molar-refractivity contribution in [2.24, 2.45) is 0 Å². The molecule has 2 heterocycles. The van der Waals surface area contributed by atoms with Gasteiger partial charge in [0.05, 0.1) is 5.56 Å². The molecule has 0 spiro atoms. The number of hydrogen-bond donors (Lipinski definition) is 1. The molecule has 0 aliphatic carbocycles. The largest absolute Gasteiger partial charge is 0.433 e. The fourth-order valence-electron chi connectivity index (χ4n) is 3.29. The SMILES string of the molecule is CCCCCNC(=O)[C@H]1CCC(=O)N1[C@H]1OC(=O)c2ccccc21. The number of benzene rings is 1. The lowest BCUT2D eigenvalue weighted by atomic mass is 10.1. The van der Waals surface area contributed by atoms with Gasteiger partial charge in [0.25, 0.3) is 0 Å². The van der Waals surface area contributed by atoms with Crippen LogP contribution in [0.25, 0.3) is 0 Å². The van der Waals surface area contributed by atoms with Gasteiger partial charge in [-0.25, -0.2) is 4.79 Å². The highest BCUT2D eigenvalue weighted by Gasteiger charge is 2.46. The Bertz CT molecular complexity index is 658. The first-order chi connectivity index (χ1) is 11.6. The fourth-order valence-corrected chi connectivity index (χ4v) is 3.29. The molecule has 2 atom stereocenters. The number of fused-ring (bicyclic) bond motifs is 1. The summed E-state index contributed by atoms with van der Waals surface area (Å²) in [4.78, 5) is 38.2. The summed E-state index contributed by atoms with van der Waals surface area (Å²) in [7, 11) is 0. The van der Waals surface area contributed by atoms with Crippen LogP contribution in [0.15, 0.2) is 24.3 Å². The van der Waals surface area contributed by atoms with Gasteiger partial charge >= 0.3 is 5.97 Å². The van der Waals surface area contributed by atoms with E-state index in [0.717, 1.165) is 19.3 Å². The van der Waals surface area contributed by atoms with E-state index in [2.05, 4.69) is 12.2 Å². The minimum absolute atomic E-state index is 0.154. The van der Waals surface area contributed by atoms with E-state index in [1.165, 1.54) is 4.90 Å². The van der Waals surface area contributed by atoms with E-state index in [-0.39, 0.29) is 11.8 Å². The van der Waals surface area contributed by atoms with E-state index in [4.69, 9.17) is 4.74 Å². The van der Waals surface area contributed by atoms with Crippen LogP contribution in [0.4, 0.5) is 0 Å². The summed E-state index contributed by atoms with van der Waals surface area (Å²) in [5.41, 5.74) is 1.12. The summed E-state index contributed by atoms with van der Waals surface area (Å²) in [5, 5.41) is 2.90. The summed E-state index contributed by atoms with van der Waals surface area (Å²) < 4.78 is 5.40. The van der Waals surface area contributed by atoms with Crippen molar-refractivity contribution in [1.29, 1.82) is 0 Å². The molecule has 1 N–H and O–H groups in total. The highest BCUT2D eigenvalue weighted by atomic mass is 16.6. The van der Waals surface area contributed by atoms with Gasteiger partial charge in [-0.2, -0.15) is 0 Å². The normalized spacial score (nSPS) is 22.5. The van der Waals surface area contributed by atoms with Crippen LogP contribution in [0.3, 0.4) is 0 Å². The van der Waals surface area contributed by atoms with E-state index in [1.807, 2.05) is 0 Å². The molecular formula is C18H22N2O4. The summed E-state index contributed by atoms with van der Waals surface area (Å²) >= 11 is 0. The van der Waals surface area contributed by atoms with Crippen LogP contribution in [0.5, 0.6) is 0 Å². The molecule has 1 saturated heterocycles. The number of rotatable bonds is 6. The summed E-state index contributed by atoms with van der Waals surface area (Å²) in [6, 6.07) is 6.42. The van der Waals surface area contributed by atoms with Crippen LogP contribution in [-0.4, -0.2) is 35.3 Å². The third kappa shape index (κ3) is 3.00. The molecule has 6 heteroatoms. The molecule has 0 saturated carbocycles. The topological polar surface area (TPSA) is 75.7 Å². The molecule has 0 bridgehead atoms. The van der Waals surface area contributed by atoms with Gasteiger partial charge in [-0.1, -0.05) is 38.0 Å². The molecule has 2 aliphatic heterocycles. The number of ether oxygens (including phenoxy) is 1. The number of hydrogen-bond acceptors (Lipinski definition) is 4. The zero-order valence-corrected chi connectivity index (χ0v) is 13.8. The average Bonchev–Trinajstić information content (AvgIpc) is 3.12. The molecule has 1 aromatic carbocycles. The summed E-state index contributed by atoms with van der Waals surface area (Å²) in [6.07, 6.45) is 3.01. The number of likely N-dealkylation sites (tertiary alicyclic amines) is 1. The molecule has 6 nitrogen and oxygen atoms in total. The third-order valence-electron chi connectivity index (χ3n) is 4.56. The van der Waals surface area contributed by atoms with Crippen LogP contribution in [0, 0.1) is 0 Å². The van der Waals surface area contributed by atoms with Crippen molar-refractivity contribution in [1.82, 2.24) is 10.2 Å². The lowest BCUT2D eigenvalue weighted by Gasteiger charge is -2.29. The molecule has 1 aromatic rings. The first-order valence-corrected chi connectivity index (χ1v) is 8.52. The Kier molecular flexibility index (Phi) is 4.83. The maximum Gasteiger partial charge on any atom is 0.340 e. The van der Waals surface area contributed by atoms with Gasteiger partial charge in [0.1, 0.15) is 6.04 Å². The van der Waals surface area contributed by atoms with Crippen molar-refractivity contribution in [2.75, 3.05) is 6.54 Å². The molecule has 3 rings (SSSR count). The summed E-state index contributed by atoms with van der Waals surface area (Å²) in [6.45, 7) is 2.71. The number of nitrogens with zero attached hydrogens (tertiary/aromatic N) is 1. The Hall–Kier alpha value is -2.37. The number of nitrogens with one attached hydrogen (secondary N) is 1. The standard InChI is InChI=1S/C18H22N2O4/c1-2-3-6-11-19-16(22)14-9-10-15(21)20(14)17-12-7-4-5-8-13(12)18(23)24-17/h4-5,7-8,14,17H,2-3,6,9-11H2,1H3,(H,19,22)/t14-,17+/m1/s1. The van der Waals surface area contributed by atoms with Crippen molar-refractivity contribution in [3.05, 3.63) is 35.4 Å². The second-order valence-electron chi connectivity index (χ2n) is 6.20. The molecule has 0 unspecified atom stereocenters. The van der Waals surface area contributed by atoms with Crippen molar-refractivity contribution < 1.29 is 19.1 Å². The van der Waals surface area contributed by atoms with Gasteiger partial charge in [-0.15, -0.1) is 0 Å². The fraction of sp³-hybridized carbons (Fsp3) is 0.500. The average molecular weight is 330 g/mol. The highest BCUT2D eigenvalue weighted by Crippen LogP contribution is 2.38. The Morgan fingerprint density at radius 1 is 1.29 bits per heavy atom. The molecule has 24 heavy (non-hydrogen) atoms. The first-order valence-electron chi connectivity index (χ1n) is 8.52. The predicted octanol–water partition coefficient (Wildman–Crippen LogP) is 2.15. The van der Waals surface area contributed by atoms with Crippen LogP contribution in [0.1, 0.15) is 61.2 Å². The zero-order chi connectivity index (χ0) is 17.1. The molecule has 1 fully saturated rings. The Balaban J connectivity index is 1.75. The van der Waals surface area contributed by atoms with Crippen molar-refractivity contribution in [3.8, 4) is 0 Å². The Morgan fingerprint density at radius 2 is 2.08 bits per heavy atom. The maximum atomic E-state index is 12.5. The number of amides is 2. The lowest BCUT2D eigenvalue weighted by Crippen LogP contribution is -2.46. The maximum absolute atomic E-state index is 12.5. The van der Waals surface area contributed by atoms with Crippen molar-refractivity contribution in [3.63, 3.8) is 0 Å². The van der Waals surface area contributed by atoms with E-state index in [1.54, 1.807) is 24.3 Å². The van der Waals surface area contributed by atoms with Crippen LogP contribution < -0.4 is 5.32 Å². The number of carbonyl (C=O) groups excluding carboxylic acids is 3. The number of esters is 1. The highest BCUT2D eigenvalue weighted by molar-refractivity contribution is 5.96. The van der Waals surface area contributed by atoms with Crippen LogP contribution in [-0.2, 0) is 14.3 Å². The second-order valence-corrected chi connectivity index (χ2v) is 6.20. The number of carbonyl (C=O) groups is 3. The summed E-state index contributed by atoms with van der Waals surface area (Å²) in [5.74, 6) is -0.770. The Labute approximate surface area is 141 Å². The third-order valence-corrected chi connectivity index (χ3v) is 4.56. The van der Waals surface area contributed by atoms with Gasteiger partial charge in [0.15, 0.2) is 0 Å². The first kappa shape index (κ1) is 16.5. The Morgan fingerprint density at radius 3 is 2.88 bits per heavy atom. The molecule has 0 aromatic heterocycles. The minimum atomic E-state index is -0.796. The van der Waals surface area contributed by atoms with Gasteiger partial charge < -0.3 is 10.1 Å². The van der Waals surface area contributed by atoms with Gasteiger partial charge in [0, 0.05) is 18.5 Å². The molecule has 2 amide bonds. The van der Waals surface area contributed by atoms with E-state index >= 15 is 0 Å². The van der Waals surface area contributed by atoms with Crippen LogP contribution >= 0.6 is 0 Å². The minimum Gasteiger partial charge on any atom is -0.433 e. The zero-order valence-electron chi connectivity index (χ0n) is 13.8. The van der Waals surface area contributed by atoms with Gasteiger partial charge in [-0.3, -0.25) is 14.5 Å². The lowest BCUT2D eigenvalue weighted by molar-refractivity contribution is -0.145. The second kappa shape index (κ2) is 7.03.